The van der Waals surface area contributed by atoms with E-state index in [4.69, 9.17) is 23.5 Å². The number of Topliss-reactive ketones (excluding diaryl/α,β-unsaturated/α-hetero) is 2. The van der Waals surface area contributed by atoms with Crippen molar-refractivity contribution in [2.24, 2.45) is 23.7 Å². The number of aromatic nitrogens is 2. The number of fused-ring (bicyclic) bond motifs is 1. The minimum Gasteiger partial charge on any atom is -0.459 e. The molecule has 0 saturated carbocycles. The van der Waals surface area contributed by atoms with E-state index in [0.717, 1.165) is 0 Å². The van der Waals surface area contributed by atoms with Crippen LogP contribution in [0.4, 0.5) is 4.79 Å². The number of ether oxygens (including phenoxy) is 4. The van der Waals surface area contributed by atoms with Crippen LogP contribution >= 0.6 is 11.8 Å². The van der Waals surface area contributed by atoms with Gasteiger partial charge in [-0.3, -0.25) is 19.4 Å². The highest BCUT2D eigenvalue weighted by Gasteiger charge is 2.55. The second-order valence-corrected chi connectivity index (χ2v) is 17.7. The molecule has 3 aliphatic rings. The molecule has 3 saturated heterocycles. The number of rotatable bonds is 8. The molecule has 16 nitrogen and oxygen atoms in total. The van der Waals surface area contributed by atoms with Crippen LogP contribution in [0, 0.1) is 46.8 Å². The van der Waals surface area contributed by atoms with Crippen LogP contribution in [-0.2, 0) is 33.3 Å². The standard InChI is InChI=1S/C43H58N6O10S/c1-12-31-43(8)37(46-41(54)47-43)24(4)33(50)22(2)20-42(7,55-17-13-14-28-19-29(48-59-28)32-36(60-11)27(21-44)15-16-45-32)38(25(5)34(51)26(6)39(53)57-31)58-40-35(52)30(49(9)10)18-23(3)56-40/h15-16,19,22-26,30-31,35,37-38,40,52H,12,17-18,20H2,1-11H3,(H2,46,47,54)/t22-,23-,24+,25+,26-,30+,31-,35-,37-,38-,40+,42-,43-/m1/s1. The Kier molecular flexibility index (Phi) is 14.9. The number of carbonyl (C=O) groups is 4. The molecule has 17 heteroatoms. The second-order valence-electron chi connectivity index (χ2n) is 16.9. The molecule has 0 aromatic carbocycles. The number of carbonyl (C=O) groups excluding carboxylic acids is 4. The van der Waals surface area contributed by atoms with E-state index in [2.05, 4.69) is 38.7 Å². The Bertz CT molecular complexity index is 2030. The van der Waals surface area contributed by atoms with Crippen molar-refractivity contribution in [2.75, 3.05) is 27.0 Å². The molecule has 0 aliphatic carbocycles. The zero-order valence-electron chi connectivity index (χ0n) is 36.2. The van der Waals surface area contributed by atoms with Crippen LogP contribution < -0.4 is 10.6 Å². The van der Waals surface area contributed by atoms with Gasteiger partial charge in [-0.15, -0.1) is 11.8 Å². The number of hydrogen-bond acceptors (Lipinski definition) is 15. The Morgan fingerprint density at radius 1 is 1.10 bits per heavy atom. The van der Waals surface area contributed by atoms with Crippen LogP contribution in [0.2, 0.25) is 0 Å². The Morgan fingerprint density at radius 2 is 1.82 bits per heavy atom. The number of hydrogen-bond donors (Lipinski definition) is 3. The average molecular weight is 851 g/mol. The Balaban J connectivity index is 1.55. The minimum absolute atomic E-state index is 0.0152. The van der Waals surface area contributed by atoms with Gasteiger partial charge in [0.1, 0.15) is 48.0 Å². The number of likely N-dealkylation sites (N-methyl/N-ethyl adjacent to an activating group) is 1. The van der Waals surface area contributed by atoms with Gasteiger partial charge in [-0.25, -0.2) is 4.79 Å². The number of nitrogens with one attached hydrogen (secondary N) is 2. The largest absolute Gasteiger partial charge is 0.459 e. The van der Waals surface area contributed by atoms with E-state index < -0.39 is 83.2 Å². The molecule has 0 radical (unpaired) electrons. The normalized spacial score (nSPS) is 35.3. The molecule has 3 N–H and O–H groups in total. The molecule has 2 amide bonds. The third-order valence-corrected chi connectivity index (χ3v) is 13.1. The fraction of sp³-hybridized carbons (Fsp3) is 0.651. The van der Waals surface area contributed by atoms with Crippen molar-refractivity contribution in [3.8, 4) is 29.3 Å². The number of ketones is 2. The molecule has 326 valence electrons. The fourth-order valence-corrected chi connectivity index (χ4v) is 9.65. The van der Waals surface area contributed by atoms with E-state index in [1.165, 1.54) is 24.9 Å². The predicted octanol–water partition coefficient (Wildman–Crippen LogP) is 4.12. The van der Waals surface area contributed by atoms with Crippen molar-refractivity contribution in [2.45, 2.75) is 133 Å². The summed E-state index contributed by atoms with van der Waals surface area (Å²) in [6, 6.07) is 3.78. The molecule has 3 fully saturated rings. The molecule has 0 spiro atoms. The molecule has 5 heterocycles. The van der Waals surface area contributed by atoms with E-state index in [-0.39, 0.29) is 36.7 Å². The van der Waals surface area contributed by atoms with Crippen molar-refractivity contribution in [3.05, 3.63) is 29.7 Å². The van der Waals surface area contributed by atoms with E-state index in [9.17, 15) is 29.5 Å². The molecule has 0 unspecified atom stereocenters. The third-order valence-electron chi connectivity index (χ3n) is 12.3. The van der Waals surface area contributed by atoms with Crippen LogP contribution in [0.15, 0.2) is 27.7 Å². The van der Waals surface area contributed by atoms with Gasteiger partial charge in [0.05, 0.1) is 39.8 Å². The van der Waals surface area contributed by atoms with Gasteiger partial charge in [0.25, 0.3) is 0 Å². The monoisotopic (exact) mass is 850 g/mol. The lowest BCUT2D eigenvalue weighted by atomic mass is 9.73. The van der Waals surface area contributed by atoms with Crippen molar-refractivity contribution in [3.63, 3.8) is 0 Å². The van der Waals surface area contributed by atoms with Gasteiger partial charge < -0.3 is 44.1 Å². The first-order valence-corrected chi connectivity index (χ1v) is 21.6. The second kappa shape index (κ2) is 19.1. The number of esters is 1. The summed E-state index contributed by atoms with van der Waals surface area (Å²) in [6.07, 6.45) is -0.525. The molecule has 3 aliphatic heterocycles. The molecule has 2 aromatic heterocycles. The van der Waals surface area contributed by atoms with Crippen molar-refractivity contribution < 1.29 is 47.8 Å². The Hall–Kier alpha value is -4.36. The zero-order chi connectivity index (χ0) is 44.3. The number of nitriles is 1. The van der Waals surface area contributed by atoms with Crippen LogP contribution in [0.1, 0.15) is 86.0 Å². The molecule has 60 heavy (non-hydrogen) atoms. The summed E-state index contributed by atoms with van der Waals surface area (Å²) in [4.78, 5) is 62.6. The number of thioether (sulfide) groups is 1. The fourth-order valence-electron chi connectivity index (χ4n) is 8.97. The lowest BCUT2D eigenvalue weighted by molar-refractivity contribution is -0.296. The molecule has 2 aromatic rings. The first-order valence-electron chi connectivity index (χ1n) is 20.3. The van der Waals surface area contributed by atoms with Gasteiger partial charge in [0, 0.05) is 36.1 Å². The van der Waals surface area contributed by atoms with Crippen molar-refractivity contribution in [1.82, 2.24) is 25.7 Å². The average Bonchev–Trinajstić information content (AvgIpc) is 3.82. The topological polar surface area (TPSA) is 215 Å². The number of aliphatic hydroxyl groups is 1. The first kappa shape index (κ1) is 46.7. The quantitative estimate of drug-likeness (QED) is 0.147. The number of urea groups is 1. The number of pyridine rings is 1. The minimum atomic E-state index is -1.47. The maximum Gasteiger partial charge on any atom is 0.316 e. The zero-order valence-corrected chi connectivity index (χ0v) is 37.0. The summed E-state index contributed by atoms with van der Waals surface area (Å²) in [6.45, 7) is 13.5. The van der Waals surface area contributed by atoms with E-state index in [0.29, 0.717) is 34.7 Å². The maximum atomic E-state index is 14.5. The van der Waals surface area contributed by atoms with E-state index in [1.807, 2.05) is 32.2 Å². The number of amides is 2. The van der Waals surface area contributed by atoms with Gasteiger partial charge in [-0.2, -0.15) is 5.26 Å². The number of aliphatic hydroxyl groups excluding tert-OH is 1. The van der Waals surface area contributed by atoms with Crippen LogP contribution in [-0.4, -0.2) is 125 Å². The summed E-state index contributed by atoms with van der Waals surface area (Å²) in [5, 5.41) is 31.1. The predicted molar refractivity (Wildman–Crippen MR) is 220 cm³/mol. The summed E-state index contributed by atoms with van der Waals surface area (Å²) in [5.74, 6) is 0.757. The Morgan fingerprint density at radius 3 is 2.47 bits per heavy atom. The number of nitrogens with zero attached hydrogens (tertiary/aromatic N) is 4. The SMILES string of the molecule is CC[C@H]1OC(=O)[C@H](C)C(=O)[C@H](C)[C@@H](O[C@@H]2O[C@H](C)C[C@H](N(C)C)[C@H]2O)[C@](C)(OCC#Cc2cc(-c3nccc(C#N)c3SC)no2)C[C@@H](C)C(=O)[C@H](C)[C@H]2NC(=O)N[C@@]21C. The van der Waals surface area contributed by atoms with E-state index in [1.54, 1.807) is 53.7 Å². The summed E-state index contributed by atoms with van der Waals surface area (Å²) in [7, 11) is 3.69. The van der Waals surface area contributed by atoms with Gasteiger partial charge >= 0.3 is 12.0 Å². The third kappa shape index (κ3) is 9.57. The summed E-state index contributed by atoms with van der Waals surface area (Å²) in [5.41, 5.74) is -1.33. The molecular weight excluding hydrogens is 793 g/mol. The van der Waals surface area contributed by atoms with Gasteiger partial charge in [0.2, 0.25) is 5.76 Å². The van der Waals surface area contributed by atoms with Crippen LogP contribution in [0.3, 0.4) is 0 Å². The lowest BCUT2D eigenvalue weighted by Gasteiger charge is -2.47. The Labute approximate surface area is 356 Å². The number of cyclic esters (lactones) is 1. The first-order chi connectivity index (χ1) is 28.3. The van der Waals surface area contributed by atoms with Crippen LogP contribution in [0.25, 0.3) is 11.4 Å². The smallest absolute Gasteiger partial charge is 0.316 e. The molecule has 0 bridgehead atoms. The lowest BCUT2D eigenvalue weighted by Crippen LogP contribution is -2.62. The highest BCUT2D eigenvalue weighted by molar-refractivity contribution is 7.98. The van der Waals surface area contributed by atoms with Crippen LogP contribution in [0.5, 0.6) is 0 Å². The maximum absolute atomic E-state index is 14.5. The molecule has 13 atom stereocenters. The summed E-state index contributed by atoms with van der Waals surface area (Å²) >= 11 is 1.36. The van der Waals surface area contributed by atoms with Gasteiger partial charge in [-0.1, -0.05) is 38.8 Å². The van der Waals surface area contributed by atoms with Gasteiger partial charge in [0.15, 0.2) is 12.1 Å². The van der Waals surface area contributed by atoms with Crippen molar-refractivity contribution in [1.29, 1.82) is 5.26 Å². The molecular formula is C43H58N6O10S. The highest BCUT2D eigenvalue weighted by Crippen LogP contribution is 2.39. The molecule has 5 rings (SSSR count). The summed E-state index contributed by atoms with van der Waals surface area (Å²) < 4.78 is 31.1. The highest BCUT2D eigenvalue weighted by atomic mass is 32.2. The van der Waals surface area contributed by atoms with Gasteiger partial charge in [-0.05, 0) is 79.3 Å². The van der Waals surface area contributed by atoms with E-state index >= 15 is 0 Å². The van der Waals surface area contributed by atoms with Crippen molar-refractivity contribution >= 4 is 35.3 Å².